The van der Waals surface area contributed by atoms with Crippen molar-refractivity contribution in [3.63, 3.8) is 0 Å². The van der Waals surface area contributed by atoms with Crippen LogP contribution < -0.4 is 0 Å². The Morgan fingerprint density at radius 2 is 1.95 bits per heavy atom. The molecule has 2 rings (SSSR count). The Bertz CT molecular complexity index is 613. The number of carbonyl (C=O) groups is 1. The van der Waals surface area contributed by atoms with Crippen molar-refractivity contribution in [2.24, 2.45) is 0 Å². The summed E-state index contributed by atoms with van der Waals surface area (Å²) in [5.41, 5.74) is 0.919. The molecule has 0 aliphatic rings. The van der Waals surface area contributed by atoms with Gasteiger partial charge in [0.15, 0.2) is 0 Å². The highest BCUT2D eigenvalue weighted by Crippen LogP contribution is 2.28. The highest BCUT2D eigenvalue weighted by Gasteiger charge is 2.18. The normalized spacial score (nSPS) is 12.4. The Morgan fingerprint density at radius 3 is 2.63 bits per heavy atom. The Kier molecular flexibility index (Phi) is 4.04. The highest BCUT2D eigenvalue weighted by molar-refractivity contribution is 8.00. The van der Waals surface area contributed by atoms with Gasteiger partial charge in [0, 0.05) is 19.5 Å². The molecule has 1 atom stereocenters. The van der Waals surface area contributed by atoms with Crippen molar-refractivity contribution >= 4 is 28.6 Å². The van der Waals surface area contributed by atoms with E-state index in [-0.39, 0.29) is 11.2 Å². The van der Waals surface area contributed by atoms with E-state index >= 15 is 0 Å². The first-order valence-electron chi connectivity index (χ1n) is 6.10. The average Bonchev–Trinajstić information content (AvgIpc) is 2.37. The number of aromatic nitrogens is 2. The van der Waals surface area contributed by atoms with Gasteiger partial charge in [-0.15, -0.1) is 0 Å². The van der Waals surface area contributed by atoms with Crippen LogP contribution >= 0.6 is 11.8 Å². The van der Waals surface area contributed by atoms with Gasteiger partial charge in [0.2, 0.25) is 5.91 Å². The molecular weight excluding hydrogens is 258 g/mol. The van der Waals surface area contributed by atoms with Crippen LogP contribution in [0.15, 0.2) is 29.3 Å². The number of rotatable bonds is 3. The van der Waals surface area contributed by atoms with Crippen LogP contribution in [-0.4, -0.2) is 40.1 Å². The molecule has 2 aromatic rings. The number of thioether (sulfide) groups is 1. The summed E-state index contributed by atoms with van der Waals surface area (Å²) in [6.45, 7) is 3.77. The summed E-state index contributed by atoms with van der Waals surface area (Å²) >= 11 is 1.48. The summed E-state index contributed by atoms with van der Waals surface area (Å²) in [5.74, 6) is 0.816. The first-order valence-corrected chi connectivity index (χ1v) is 6.98. The monoisotopic (exact) mass is 275 g/mol. The van der Waals surface area contributed by atoms with Gasteiger partial charge in [-0.1, -0.05) is 30.0 Å². The van der Waals surface area contributed by atoms with E-state index in [9.17, 15) is 4.79 Å². The molecule has 0 spiro atoms. The Balaban J connectivity index is 2.37. The third-order valence-corrected chi connectivity index (χ3v) is 3.85. The maximum absolute atomic E-state index is 11.9. The number of nitrogens with zero attached hydrogens (tertiary/aromatic N) is 3. The van der Waals surface area contributed by atoms with Gasteiger partial charge < -0.3 is 4.90 Å². The fourth-order valence-corrected chi connectivity index (χ4v) is 2.96. The van der Waals surface area contributed by atoms with Crippen LogP contribution in [-0.2, 0) is 4.79 Å². The van der Waals surface area contributed by atoms with E-state index in [1.807, 2.05) is 38.1 Å². The van der Waals surface area contributed by atoms with Crippen LogP contribution in [0.3, 0.4) is 0 Å². The number of para-hydroxylation sites is 1. The lowest BCUT2D eigenvalue weighted by Gasteiger charge is -2.16. The first kappa shape index (κ1) is 13.8. The fourth-order valence-electron chi connectivity index (χ4n) is 1.83. The van der Waals surface area contributed by atoms with E-state index in [2.05, 4.69) is 9.97 Å². The van der Waals surface area contributed by atoms with Crippen LogP contribution in [0.25, 0.3) is 10.9 Å². The minimum atomic E-state index is -0.160. The Morgan fingerprint density at radius 1 is 1.26 bits per heavy atom. The van der Waals surface area contributed by atoms with E-state index in [0.717, 1.165) is 21.8 Å². The smallest absolute Gasteiger partial charge is 0.235 e. The standard InChI is InChI=1S/C14H17N3OS/c1-9(14(18)17(3)4)19-13-11-7-5-6-8-12(11)15-10(2)16-13/h5-9H,1-4H3/t9-/m1/s1. The van der Waals surface area contributed by atoms with E-state index in [1.165, 1.54) is 11.8 Å². The predicted molar refractivity (Wildman–Crippen MR) is 78.3 cm³/mol. The van der Waals surface area contributed by atoms with Gasteiger partial charge in [0.1, 0.15) is 10.9 Å². The minimum absolute atomic E-state index is 0.0883. The van der Waals surface area contributed by atoms with Gasteiger partial charge >= 0.3 is 0 Å². The van der Waals surface area contributed by atoms with Crippen molar-refractivity contribution in [1.29, 1.82) is 0 Å². The van der Waals surface area contributed by atoms with Gasteiger partial charge in [-0.05, 0) is 19.9 Å². The van der Waals surface area contributed by atoms with Crippen molar-refractivity contribution in [2.75, 3.05) is 14.1 Å². The van der Waals surface area contributed by atoms with E-state index in [4.69, 9.17) is 0 Å². The van der Waals surface area contributed by atoms with Crippen molar-refractivity contribution in [2.45, 2.75) is 24.1 Å². The molecule has 5 heteroatoms. The fraction of sp³-hybridized carbons (Fsp3) is 0.357. The minimum Gasteiger partial charge on any atom is -0.348 e. The van der Waals surface area contributed by atoms with Crippen LogP contribution in [0.5, 0.6) is 0 Å². The maximum atomic E-state index is 11.9. The predicted octanol–water partition coefficient (Wildman–Crippen LogP) is 2.51. The lowest BCUT2D eigenvalue weighted by molar-refractivity contribution is -0.127. The zero-order valence-corrected chi connectivity index (χ0v) is 12.4. The molecule has 4 nitrogen and oxygen atoms in total. The zero-order chi connectivity index (χ0) is 14.0. The number of hydrogen-bond acceptors (Lipinski definition) is 4. The molecule has 0 saturated heterocycles. The number of aryl methyl sites for hydroxylation is 1. The van der Waals surface area contributed by atoms with Gasteiger partial charge in [-0.2, -0.15) is 0 Å². The second-order valence-corrected chi connectivity index (χ2v) is 5.92. The molecule has 0 fully saturated rings. The topological polar surface area (TPSA) is 46.1 Å². The first-order chi connectivity index (χ1) is 8.99. The molecule has 19 heavy (non-hydrogen) atoms. The lowest BCUT2D eigenvalue weighted by Crippen LogP contribution is -2.29. The quantitative estimate of drug-likeness (QED) is 0.638. The Labute approximate surface area is 117 Å². The molecule has 1 amide bonds. The largest absolute Gasteiger partial charge is 0.348 e. The molecule has 0 bridgehead atoms. The summed E-state index contributed by atoms with van der Waals surface area (Å²) in [6.07, 6.45) is 0. The SMILES string of the molecule is Cc1nc(S[C@H](C)C(=O)N(C)C)c2ccccc2n1. The van der Waals surface area contributed by atoms with Crippen molar-refractivity contribution in [1.82, 2.24) is 14.9 Å². The molecule has 0 N–H and O–H groups in total. The van der Waals surface area contributed by atoms with Crippen LogP contribution in [0, 0.1) is 6.92 Å². The van der Waals surface area contributed by atoms with E-state index < -0.39 is 0 Å². The van der Waals surface area contributed by atoms with Gasteiger partial charge in [0.05, 0.1) is 10.8 Å². The summed E-state index contributed by atoms with van der Waals surface area (Å²) in [6, 6.07) is 7.87. The lowest BCUT2D eigenvalue weighted by atomic mass is 10.2. The van der Waals surface area contributed by atoms with Gasteiger partial charge in [-0.25, -0.2) is 9.97 Å². The molecule has 1 heterocycles. The summed E-state index contributed by atoms with van der Waals surface area (Å²) in [7, 11) is 3.53. The second-order valence-electron chi connectivity index (χ2n) is 4.59. The zero-order valence-electron chi connectivity index (χ0n) is 11.5. The van der Waals surface area contributed by atoms with Crippen molar-refractivity contribution in [3.05, 3.63) is 30.1 Å². The molecule has 0 aliphatic heterocycles. The van der Waals surface area contributed by atoms with E-state index in [1.54, 1.807) is 19.0 Å². The van der Waals surface area contributed by atoms with Crippen molar-refractivity contribution < 1.29 is 4.79 Å². The molecule has 0 saturated carbocycles. The number of benzene rings is 1. The third-order valence-electron chi connectivity index (χ3n) is 2.76. The number of carbonyl (C=O) groups excluding carboxylic acids is 1. The Hall–Kier alpha value is -1.62. The van der Waals surface area contributed by atoms with Gasteiger partial charge in [-0.3, -0.25) is 4.79 Å². The summed E-state index contributed by atoms with van der Waals surface area (Å²) < 4.78 is 0. The third kappa shape index (κ3) is 3.04. The van der Waals surface area contributed by atoms with Crippen LogP contribution in [0.4, 0.5) is 0 Å². The molecule has 0 aliphatic carbocycles. The number of fused-ring (bicyclic) bond motifs is 1. The second kappa shape index (κ2) is 5.57. The van der Waals surface area contributed by atoms with Gasteiger partial charge in [0.25, 0.3) is 0 Å². The molecule has 1 aromatic carbocycles. The van der Waals surface area contributed by atoms with E-state index in [0.29, 0.717) is 0 Å². The molecule has 0 radical (unpaired) electrons. The molecule has 0 unspecified atom stereocenters. The summed E-state index contributed by atoms with van der Waals surface area (Å²) in [4.78, 5) is 22.4. The molecule has 100 valence electrons. The maximum Gasteiger partial charge on any atom is 0.235 e. The average molecular weight is 275 g/mol. The highest BCUT2D eigenvalue weighted by atomic mass is 32.2. The number of amides is 1. The molecule has 1 aromatic heterocycles. The van der Waals surface area contributed by atoms with Crippen molar-refractivity contribution in [3.8, 4) is 0 Å². The molecular formula is C14H17N3OS. The van der Waals surface area contributed by atoms with Crippen LogP contribution in [0.1, 0.15) is 12.7 Å². The number of hydrogen-bond donors (Lipinski definition) is 0. The summed E-state index contributed by atoms with van der Waals surface area (Å²) in [5, 5.41) is 1.70. The van der Waals surface area contributed by atoms with Crippen LogP contribution in [0.2, 0.25) is 0 Å².